The summed E-state index contributed by atoms with van der Waals surface area (Å²) in [5, 5.41) is 10.4. The van der Waals surface area contributed by atoms with Crippen molar-refractivity contribution in [2.45, 2.75) is 70.0 Å². The fourth-order valence-electron chi connectivity index (χ4n) is 3.12. The van der Waals surface area contributed by atoms with Crippen LogP contribution in [0.5, 0.6) is 0 Å². The van der Waals surface area contributed by atoms with E-state index in [4.69, 9.17) is 8.92 Å². The lowest BCUT2D eigenvalue weighted by Crippen LogP contribution is -2.28. The minimum Gasteiger partial charge on any atom is -0.460 e. The molecule has 1 fully saturated rings. The predicted molar refractivity (Wildman–Crippen MR) is 102 cm³/mol. The predicted octanol–water partition coefficient (Wildman–Crippen LogP) is 3.21. The number of hydrogen-bond donors (Lipinski definition) is 1. The van der Waals surface area contributed by atoms with Crippen molar-refractivity contribution in [3.05, 3.63) is 29.8 Å². The normalized spacial score (nSPS) is 24.3. The van der Waals surface area contributed by atoms with Crippen molar-refractivity contribution in [2.75, 3.05) is 6.61 Å². The highest BCUT2D eigenvalue weighted by Gasteiger charge is 2.33. The van der Waals surface area contributed by atoms with Gasteiger partial charge in [0.1, 0.15) is 5.60 Å². The molecule has 1 saturated carbocycles. The number of carbonyl (C=O) groups excluding carboxylic acids is 1. The molecule has 0 unspecified atom stereocenters. The fraction of sp³-hybridized carbons (Fsp3) is 0.650. The Hall–Kier alpha value is -1.44. The van der Waals surface area contributed by atoms with Crippen LogP contribution in [0.4, 0.5) is 0 Å². The largest absolute Gasteiger partial charge is 0.460 e. The van der Waals surface area contributed by atoms with E-state index in [1.807, 2.05) is 27.7 Å². The van der Waals surface area contributed by atoms with Crippen LogP contribution in [0.15, 0.2) is 29.2 Å². The van der Waals surface area contributed by atoms with E-state index in [1.54, 1.807) is 12.1 Å². The highest BCUT2D eigenvalue weighted by atomic mass is 32.2. The summed E-state index contributed by atoms with van der Waals surface area (Å²) in [7, 11) is -3.87. The van der Waals surface area contributed by atoms with Crippen LogP contribution >= 0.6 is 0 Å². The van der Waals surface area contributed by atoms with Gasteiger partial charge in [-0.3, -0.25) is 8.98 Å². The molecule has 1 aromatic rings. The van der Waals surface area contributed by atoms with Gasteiger partial charge in [-0.25, -0.2) is 0 Å². The van der Waals surface area contributed by atoms with Gasteiger partial charge in [-0.15, -0.1) is 0 Å². The van der Waals surface area contributed by atoms with Gasteiger partial charge in [0, 0.05) is 5.92 Å². The van der Waals surface area contributed by atoms with Crippen LogP contribution in [0.25, 0.3) is 0 Å². The number of aliphatic hydroxyl groups is 1. The molecule has 1 N–H and O–H groups in total. The third-order valence-corrected chi connectivity index (χ3v) is 6.02. The van der Waals surface area contributed by atoms with Crippen molar-refractivity contribution >= 4 is 16.1 Å². The van der Waals surface area contributed by atoms with E-state index in [-0.39, 0.29) is 29.3 Å². The zero-order chi connectivity index (χ0) is 20.2. The Bertz CT molecular complexity index is 733. The van der Waals surface area contributed by atoms with Crippen molar-refractivity contribution in [1.82, 2.24) is 0 Å². The first-order valence-electron chi connectivity index (χ1n) is 9.35. The zero-order valence-corrected chi connectivity index (χ0v) is 17.3. The lowest BCUT2D eigenvalue weighted by Gasteiger charge is -2.23. The molecule has 1 aliphatic rings. The Balaban J connectivity index is 1.95. The van der Waals surface area contributed by atoms with Gasteiger partial charge < -0.3 is 9.84 Å². The molecule has 0 aliphatic heterocycles. The molecule has 0 saturated heterocycles. The lowest BCUT2D eigenvalue weighted by molar-refractivity contribution is -0.160. The SMILES string of the molecule is Cc1ccc(S(=O)(=O)OC[C@H]2CC[C@@H](C(=O)OC(C)(C)C)CC[C@@H]2O)cc1. The van der Waals surface area contributed by atoms with Crippen LogP contribution < -0.4 is 0 Å². The highest BCUT2D eigenvalue weighted by Crippen LogP contribution is 2.30. The van der Waals surface area contributed by atoms with E-state index in [0.29, 0.717) is 25.7 Å². The number of ether oxygens (including phenoxy) is 1. The molecule has 1 aliphatic carbocycles. The molecule has 0 bridgehead atoms. The molecule has 7 heteroatoms. The summed E-state index contributed by atoms with van der Waals surface area (Å²) >= 11 is 0. The van der Waals surface area contributed by atoms with E-state index in [0.717, 1.165) is 5.56 Å². The second-order valence-corrected chi connectivity index (χ2v) is 9.88. The smallest absolute Gasteiger partial charge is 0.309 e. The summed E-state index contributed by atoms with van der Waals surface area (Å²) < 4.78 is 35.3. The summed E-state index contributed by atoms with van der Waals surface area (Å²) in [5.41, 5.74) is 0.411. The van der Waals surface area contributed by atoms with E-state index in [1.165, 1.54) is 12.1 Å². The van der Waals surface area contributed by atoms with Crippen molar-refractivity contribution < 1.29 is 27.2 Å². The van der Waals surface area contributed by atoms with Gasteiger partial charge in [0.2, 0.25) is 0 Å². The number of aryl methyl sites for hydroxylation is 1. The van der Waals surface area contributed by atoms with Crippen molar-refractivity contribution in [2.24, 2.45) is 11.8 Å². The van der Waals surface area contributed by atoms with Crippen molar-refractivity contribution in [3.8, 4) is 0 Å². The lowest BCUT2D eigenvalue weighted by atomic mass is 9.97. The molecule has 27 heavy (non-hydrogen) atoms. The van der Waals surface area contributed by atoms with Crippen molar-refractivity contribution in [1.29, 1.82) is 0 Å². The minimum atomic E-state index is -3.87. The van der Waals surface area contributed by atoms with E-state index >= 15 is 0 Å². The first-order chi connectivity index (χ1) is 12.5. The number of carbonyl (C=O) groups is 1. The third kappa shape index (κ3) is 6.59. The molecule has 2 rings (SSSR count). The number of hydrogen-bond acceptors (Lipinski definition) is 6. The molecule has 0 heterocycles. The summed E-state index contributed by atoms with van der Waals surface area (Å²) in [5.74, 6) is -0.876. The van der Waals surface area contributed by atoms with Crippen LogP contribution in [-0.4, -0.2) is 37.8 Å². The Morgan fingerprint density at radius 3 is 2.30 bits per heavy atom. The van der Waals surface area contributed by atoms with Gasteiger partial charge in [-0.2, -0.15) is 8.42 Å². The number of benzene rings is 1. The maximum absolute atomic E-state index is 12.3. The Kier molecular flexibility index (Phi) is 7.05. The Labute approximate surface area is 162 Å². The molecule has 3 atom stereocenters. The van der Waals surface area contributed by atoms with Gasteiger partial charge in [0.15, 0.2) is 0 Å². The van der Waals surface area contributed by atoms with Crippen LogP contribution in [0, 0.1) is 18.8 Å². The monoisotopic (exact) mass is 398 g/mol. The summed E-state index contributed by atoms with van der Waals surface area (Å²) in [6.07, 6.45) is 1.30. The average Bonchev–Trinajstić information content (AvgIpc) is 2.74. The highest BCUT2D eigenvalue weighted by molar-refractivity contribution is 7.86. The molecule has 6 nitrogen and oxygen atoms in total. The molecular formula is C20H30O6S. The topological polar surface area (TPSA) is 89.9 Å². The van der Waals surface area contributed by atoms with Gasteiger partial charge in [0.05, 0.1) is 23.5 Å². The molecule has 152 valence electrons. The maximum atomic E-state index is 12.3. The van der Waals surface area contributed by atoms with Crippen LogP contribution in [-0.2, 0) is 23.8 Å². The van der Waals surface area contributed by atoms with E-state index in [2.05, 4.69) is 0 Å². The van der Waals surface area contributed by atoms with Gasteiger partial charge in [-0.1, -0.05) is 17.7 Å². The van der Waals surface area contributed by atoms with Crippen LogP contribution in [0.3, 0.4) is 0 Å². The van der Waals surface area contributed by atoms with Gasteiger partial charge >= 0.3 is 5.97 Å². The molecule has 1 aromatic carbocycles. The fourth-order valence-corrected chi connectivity index (χ4v) is 4.08. The first kappa shape index (κ1) is 21.9. The Morgan fingerprint density at radius 2 is 1.70 bits per heavy atom. The molecule has 0 aromatic heterocycles. The molecular weight excluding hydrogens is 368 g/mol. The summed E-state index contributed by atoms with van der Waals surface area (Å²) in [6, 6.07) is 6.43. The maximum Gasteiger partial charge on any atom is 0.309 e. The standard InChI is InChI=1S/C20H30O6S/c1-14-5-10-17(11-6-14)27(23,24)25-13-16-8-7-15(9-12-18(16)21)19(22)26-20(2,3)4/h5-6,10-11,15-16,18,21H,7-9,12-13H2,1-4H3/t15-,16-,18+/m1/s1. The van der Waals surface area contributed by atoms with Gasteiger partial charge in [-0.05, 0) is 65.5 Å². The molecule has 0 spiro atoms. The average molecular weight is 399 g/mol. The first-order valence-corrected chi connectivity index (χ1v) is 10.8. The van der Waals surface area contributed by atoms with Crippen molar-refractivity contribution in [3.63, 3.8) is 0 Å². The quantitative estimate of drug-likeness (QED) is 0.465. The minimum absolute atomic E-state index is 0.0988. The molecule has 0 amide bonds. The van der Waals surface area contributed by atoms with E-state index in [9.17, 15) is 18.3 Å². The van der Waals surface area contributed by atoms with E-state index < -0.39 is 21.8 Å². The number of esters is 1. The second kappa shape index (κ2) is 8.71. The second-order valence-electron chi connectivity index (χ2n) is 8.26. The summed E-state index contributed by atoms with van der Waals surface area (Å²) in [4.78, 5) is 12.4. The van der Waals surface area contributed by atoms with Crippen LogP contribution in [0.2, 0.25) is 0 Å². The zero-order valence-electron chi connectivity index (χ0n) is 16.5. The molecule has 0 radical (unpaired) electrons. The number of rotatable bonds is 5. The third-order valence-electron chi connectivity index (χ3n) is 4.73. The summed E-state index contributed by atoms with van der Waals surface area (Å²) in [6.45, 7) is 7.24. The number of aliphatic hydroxyl groups excluding tert-OH is 1. The van der Waals surface area contributed by atoms with Gasteiger partial charge in [0.25, 0.3) is 10.1 Å². The van der Waals surface area contributed by atoms with Crippen LogP contribution in [0.1, 0.15) is 52.0 Å². The Morgan fingerprint density at radius 1 is 1.11 bits per heavy atom.